The summed E-state index contributed by atoms with van der Waals surface area (Å²) < 4.78 is 43.0. The molecule has 0 amide bonds. The number of benzene rings is 1. The second-order valence-electron chi connectivity index (χ2n) is 4.50. The van der Waals surface area contributed by atoms with E-state index in [1.807, 2.05) is 0 Å². The summed E-state index contributed by atoms with van der Waals surface area (Å²) in [5.74, 6) is 0.181. The van der Waals surface area contributed by atoms with Gasteiger partial charge in [-0.1, -0.05) is 6.07 Å². The number of ether oxygens (including phenoxy) is 1. The van der Waals surface area contributed by atoms with Crippen LogP contribution in [-0.4, -0.2) is 20.2 Å². The van der Waals surface area contributed by atoms with E-state index < -0.39 is 11.7 Å². The minimum atomic E-state index is -4.37. The lowest BCUT2D eigenvalue weighted by Gasteiger charge is -2.24. The van der Waals surface area contributed by atoms with E-state index in [-0.39, 0.29) is 24.1 Å². The van der Waals surface area contributed by atoms with Crippen molar-refractivity contribution in [3.05, 3.63) is 29.3 Å². The number of rotatable bonds is 2. The molecule has 0 saturated carbocycles. The lowest BCUT2D eigenvalue weighted by molar-refractivity contribution is -0.138. The highest BCUT2D eigenvalue weighted by atomic mass is 35.5. The van der Waals surface area contributed by atoms with Crippen molar-refractivity contribution < 1.29 is 17.9 Å². The molecule has 19 heavy (non-hydrogen) atoms. The monoisotopic (exact) mass is 295 g/mol. The van der Waals surface area contributed by atoms with Crippen LogP contribution >= 0.6 is 12.4 Å². The molecule has 0 bridgehead atoms. The van der Waals surface area contributed by atoms with E-state index in [4.69, 9.17) is 4.74 Å². The number of halogens is 4. The third-order valence-corrected chi connectivity index (χ3v) is 3.30. The van der Waals surface area contributed by atoms with Gasteiger partial charge in [-0.15, -0.1) is 12.4 Å². The Hall–Kier alpha value is -0.940. The van der Waals surface area contributed by atoms with E-state index in [0.29, 0.717) is 0 Å². The van der Waals surface area contributed by atoms with Crippen LogP contribution in [-0.2, 0) is 6.18 Å². The van der Waals surface area contributed by atoms with Gasteiger partial charge in [0.2, 0.25) is 0 Å². The quantitative estimate of drug-likeness (QED) is 0.900. The van der Waals surface area contributed by atoms with Crippen LogP contribution in [0, 0.1) is 0 Å². The van der Waals surface area contributed by atoms with E-state index >= 15 is 0 Å². The second kappa shape index (κ2) is 6.48. The predicted molar refractivity (Wildman–Crippen MR) is 70.1 cm³/mol. The predicted octanol–water partition coefficient (Wildman–Crippen LogP) is 3.60. The lowest BCUT2D eigenvalue weighted by Crippen LogP contribution is -2.28. The van der Waals surface area contributed by atoms with Gasteiger partial charge >= 0.3 is 6.18 Å². The Morgan fingerprint density at radius 3 is 2.58 bits per heavy atom. The molecule has 2 rings (SSSR count). The van der Waals surface area contributed by atoms with E-state index in [0.717, 1.165) is 37.6 Å². The minimum absolute atomic E-state index is 0. The highest BCUT2D eigenvalue weighted by Gasteiger charge is 2.34. The fourth-order valence-electron chi connectivity index (χ4n) is 2.33. The van der Waals surface area contributed by atoms with Crippen molar-refractivity contribution in [1.29, 1.82) is 0 Å². The smallest absolute Gasteiger partial charge is 0.419 e. The zero-order chi connectivity index (χ0) is 13.2. The number of hydrogen-bond acceptors (Lipinski definition) is 2. The van der Waals surface area contributed by atoms with Crippen molar-refractivity contribution in [1.82, 2.24) is 5.32 Å². The van der Waals surface area contributed by atoms with Gasteiger partial charge in [-0.05, 0) is 43.0 Å². The number of alkyl halides is 3. The number of nitrogens with one attached hydrogen (secondary N) is 1. The maximum absolute atomic E-state index is 12.7. The molecule has 0 radical (unpaired) electrons. The summed E-state index contributed by atoms with van der Waals surface area (Å²) in [4.78, 5) is 0. The Kier molecular flexibility index (Phi) is 5.50. The summed E-state index contributed by atoms with van der Waals surface area (Å²) in [5.41, 5.74) is 0.199. The van der Waals surface area contributed by atoms with Gasteiger partial charge in [0, 0.05) is 6.54 Å². The maximum atomic E-state index is 12.7. The molecule has 1 aliphatic rings. The molecule has 1 N–H and O–H groups in total. The third kappa shape index (κ3) is 3.76. The Morgan fingerprint density at radius 2 is 2.05 bits per heavy atom. The van der Waals surface area contributed by atoms with Gasteiger partial charge in [0.1, 0.15) is 5.75 Å². The summed E-state index contributed by atoms with van der Waals surface area (Å²) in [6, 6.07) is 4.19. The molecule has 1 atom stereocenters. The zero-order valence-electron chi connectivity index (χ0n) is 10.6. The third-order valence-electron chi connectivity index (χ3n) is 3.30. The first-order valence-electron chi connectivity index (χ1n) is 5.98. The van der Waals surface area contributed by atoms with Crippen LogP contribution in [0.2, 0.25) is 0 Å². The van der Waals surface area contributed by atoms with Crippen LogP contribution in [0.5, 0.6) is 5.75 Å². The average molecular weight is 296 g/mol. The van der Waals surface area contributed by atoms with Gasteiger partial charge in [0.25, 0.3) is 0 Å². The van der Waals surface area contributed by atoms with Crippen LogP contribution in [0.3, 0.4) is 0 Å². The highest BCUT2D eigenvalue weighted by Crippen LogP contribution is 2.38. The fraction of sp³-hybridized carbons (Fsp3) is 0.538. The van der Waals surface area contributed by atoms with Gasteiger partial charge in [0.15, 0.2) is 0 Å². The van der Waals surface area contributed by atoms with E-state index in [1.54, 1.807) is 6.07 Å². The summed E-state index contributed by atoms with van der Waals surface area (Å²) in [6.45, 7) is 1.79. The van der Waals surface area contributed by atoms with Gasteiger partial charge in [-0.25, -0.2) is 0 Å². The molecule has 0 aliphatic carbocycles. The summed E-state index contributed by atoms with van der Waals surface area (Å²) in [6.07, 6.45) is -2.32. The Morgan fingerprint density at radius 1 is 1.32 bits per heavy atom. The van der Waals surface area contributed by atoms with Crippen LogP contribution < -0.4 is 10.1 Å². The van der Waals surface area contributed by atoms with Crippen molar-refractivity contribution in [2.75, 3.05) is 20.2 Å². The molecule has 1 aromatic carbocycles. The summed E-state index contributed by atoms with van der Waals surface area (Å²) in [7, 11) is 1.27. The van der Waals surface area contributed by atoms with E-state index in [2.05, 4.69) is 5.32 Å². The normalized spacial score (nSPS) is 19.7. The molecule has 1 heterocycles. The first kappa shape index (κ1) is 16.1. The Labute approximate surface area is 116 Å². The molecule has 0 spiro atoms. The van der Waals surface area contributed by atoms with Crippen molar-refractivity contribution in [3.63, 3.8) is 0 Å². The topological polar surface area (TPSA) is 21.3 Å². The van der Waals surface area contributed by atoms with E-state index in [1.165, 1.54) is 13.2 Å². The van der Waals surface area contributed by atoms with Crippen molar-refractivity contribution in [2.24, 2.45) is 0 Å². The Bertz CT molecular complexity index is 417. The SMILES string of the molecule is COc1cc(C2CCCNC2)ccc1C(F)(F)F.Cl. The summed E-state index contributed by atoms with van der Waals surface area (Å²) >= 11 is 0. The summed E-state index contributed by atoms with van der Waals surface area (Å²) in [5, 5.41) is 3.25. The molecular formula is C13H17ClF3NO. The molecule has 1 aliphatic heterocycles. The average Bonchev–Trinajstić information content (AvgIpc) is 2.38. The molecule has 108 valence electrons. The molecule has 0 aromatic heterocycles. The van der Waals surface area contributed by atoms with Crippen LogP contribution in [0.1, 0.15) is 29.9 Å². The first-order valence-corrected chi connectivity index (χ1v) is 5.98. The standard InChI is InChI=1S/C13H16F3NO.ClH/c1-18-12-7-9(10-3-2-6-17-8-10)4-5-11(12)13(14,15)16;/h4-5,7,10,17H,2-3,6,8H2,1H3;1H. The van der Waals surface area contributed by atoms with Gasteiger partial charge < -0.3 is 10.1 Å². The van der Waals surface area contributed by atoms with E-state index in [9.17, 15) is 13.2 Å². The highest BCUT2D eigenvalue weighted by molar-refractivity contribution is 5.85. The largest absolute Gasteiger partial charge is 0.496 e. The van der Waals surface area contributed by atoms with Gasteiger partial charge in [0.05, 0.1) is 12.7 Å². The molecule has 1 unspecified atom stereocenters. The molecule has 2 nitrogen and oxygen atoms in total. The number of piperidine rings is 1. The molecular weight excluding hydrogens is 279 g/mol. The van der Waals surface area contributed by atoms with Gasteiger partial charge in [-0.2, -0.15) is 13.2 Å². The van der Waals surface area contributed by atoms with Crippen molar-refractivity contribution in [3.8, 4) is 5.75 Å². The van der Waals surface area contributed by atoms with Gasteiger partial charge in [-0.3, -0.25) is 0 Å². The molecule has 1 saturated heterocycles. The minimum Gasteiger partial charge on any atom is -0.496 e. The van der Waals surface area contributed by atoms with Crippen LogP contribution in [0.4, 0.5) is 13.2 Å². The molecule has 1 aromatic rings. The van der Waals surface area contributed by atoms with Crippen LogP contribution in [0.25, 0.3) is 0 Å². The fourth-order valence-corrected chi connectivity index (χ4v) is 2.33. The molecule has 6 heteroatoms. The lowest BCUT2D eigenvalue weighted by atomic mass is 9.91. The first-order chi connectivity index (χ1) is 8.52. The van der Waals surface area contributed by atoms with Crippen LogP contribution in [0.15, 0.2) is 18.2 Å². The van der Waals surface area contributed by atoms with Crippen molar-refractivity contribution in [2.45, 2.75) is 24.9 Å². The zero-order valence-corrected chi connectivity index (χ0v) is 11.4. The van der Waals surface area contributed by atoms with Crippen molar-refractivity contribution >= 4 is 12.4 Å². The molecule has 1 fully saturated rings. The second-order valence-corrected chi connectivity index (χ2v) is 4.50. The number of methoxy groups -OCH3 is 1. The maximum Gasteiger partial charge on any atom is 0.419 e. The Balaban J connectivity index is 0.00000180. The number of hydrogen-bond donors (Lipinski definition) is 1.